The smallest absolute Gasteiger partial charge is 0.243 e. The maximum Gasteiger partial charge on any atom is 0.243 e. The van der Waals surface area contributed by atoms with Crippen molar-refractivity contribution in [2.45, 2.75) is 39.3 Å². The Kier molecular flexibility index (Phi) is 5.08. The van der Waals surface area contributed by atoms with Gasteiger partial charge in [-0.2, -0.15) is 0 Å². The summed E-state index contributed by atoms with van der Waals surface area (Å²) in [6.07, 6.45) is 1.66. The average Bonchev–Trinajstić information content (AvgIpc) is 3.09. The number of amides is 1. The fourth-order valence-electron chi connectivity index (χ4n) is 1.76. The lowest BCUT2D eigenvalue weighted by molar-refractivity contribution is -0.120. The van der Waals surface area contributed by atoms with Gasteiger partial charge < -0.3 is 9.84 Å². The Labute approximate surface area is 128 Å². The minimum atomic E-state index is -0.284. The highest BCUT2D eigenvalue weighted by Crippen LogP contribution is 2.17. The molecule has 1 N–H and O–H groups in total. The van der Waals surface area contributed by atoms with Gasteiger partial charge in [0.05, 0.1) is 11.7 Å². The van der Waals surface area contributed by atoms with E-state index in [4.69, 9.17) is 4.52 Å². The minimum absolute atomic E-state index is 0.0833. The second-order valence-corrected chi connectivity index (χ2v) is 6.19. The van der Waals surface area contributed by atoms with Crippen molar-refractivity contribution >= 4 is 22.4 Å². The van der Waals surface area contributed by atoms with E-state index in [9.17, 15) is 4.79 Å². The number of likely N-dealkylation sites (N-methyl/N-ethyl adjacent to an activating group) is 1. The Morgan fingerprint density at radius 1 is 1.48 bits per heavy atom. The number of aromatic nitrogens is 2. The Morgan fingerprint density at radius 2 is 2.24 bits per heavy atom. The molecule has 0 radical (unpaired) electrons. The van der Waals surface area contributed by atoms with E-state index in [1.54, 1.807) is 6.20 Å². The van der Waals surface area contributed by atoms with E-state index in [0.29, 0.717) is 17.6 Å². The van der Waals surface area contributed by atoms with Crippen LogP contribution in [0.3, 0.4) is 0 Å². The summed E-state index contributed by atoms with van der Waals surface area (Å²) in [7, 11) is 1.88. The fraction of sp³-hybridized carbons (Fsp3) is 0.500. The van der Waals surface area contributed by atoms with Gasteiger partial charge in [0.25, 0.3) is 0 Å². The molecule has 0 aliphatic heterocycles. The van der Waals surface area contributed by atoms with Crippen molar-refractivity contribution in [3.63, 3.8) is 0 Å². The van der Waals surface area contributed by atoms with Gasteiger partial charge in [-0.3, -0.25) is 9.69 Å². The van der Waals surface area contributed by atoms with Crippen molar-refractivity contribution in [1.29, 1.82) is 0 Å². The zero-order valence-electron chi connectivity index (χ0n) is 12.7. The molecule has 114 valence electrons. The number of hydrogen-bond acceptors (Lipinski definition) is 6. The summed E-state index contributed by atoms with van der Waals surface area (Å²) in [6, 6.07) is 1.65. The van der Waals surface area contributed by atoms with Crippen molar-refractivity contribution in [3.8, 4) is 0 Å². The van der Waals surface area contributed by atoms with Crippen LogP contribution < -0.4 is 5.32 Å². The van der Waals surface area contributed by atoms with E-state index in [2.05, 4.69) is 29.3 Å². The van der Waals surface area contributed by atoms with Gasteiger partial charge in [-0.15, -0.1) is 11.3 Å². The highest BCUT2D eigenvalue weighted by molar-refractivity contribution is 7.13. The first-order chi connectivity index (χ1) is 9.97. The number of nitrogens with zero attached hydrogens (tertiary/aromatic N) is 3. The number of rotatable bonds is 6. The van der Waals surface area contributed by atoms with Crippen LogP contribution in [-0.4, -0.2) is 34.0 Å². The van der Waals surface area contributed by atoms with Crippen molar-refractivity contribution in [2.24, 2.45) is 0 Å². The van der Waals surface area contributed by atoms with Crippen LogP contribution in [0, 0.1) is 0 Å². The molecule has 2 aromatic heterocycles. The molecule has 0 bridgehead atoms. The molecule has 0 saturated carbocycles. The third kappa shape index (κ3) is 4.12. The predicted molar refractivity (Wildman–Crippen MR) is 82.3 cm³/mol. The van der Waals surface area contributed by atoms with Crippen molar-refractivity contribution in [1.82, 2.24) is 15.0 Å². The highest BCUT2D eigenvalue weighted by atomic mass is 32.1. The van der Waals surface area contributed by atoms with Gasteiger partial charge in [0.1, 0.15) is 5.76 Å². The summed E-state index contributed by atoms with van der Waals surface area (Å²) in [5.74, 6) is 1.08. The first-order valence-electron chi connectivity index (χ1n) is 6.83. The number of carbonyl (C=O) groups is 1. The fourth-order valence-corrected chi connectivity index (χ4v) is 2.29. The molecule has 0 spiro atoms. The van der Waals surface area contributed by atoms with Crippen LogP contribution in [0.5, 0.6) is 0 Å². The molecule has 2 rings (SSSR count). The third-order valence-electron chi connectivity index (χ3n) is 3.26. The van der Waals surface area contributed by atoms with Crippen molar-refractivity contribution in [3.05, 3.63) is 29.1 Å². The van der Waals surface area contributed by atoms with Gasteiger partial charge in [-0.25, -0.2) is 4.98 Å². The third-order valence-corrected chi connectivity index (χ3v) is 3.95. The van der Waals surface area contributed by atoms with E-state index >= 15 is 0 Å². The molecular formula is C14H20N4O2S. The molecule has 0 unspecified atom stereocenters. The topological polar surface area (TPSA) is 71.3 Å². The summed E-state index contributed by atoms with van der Waals surface area (Å²) < 4.78 is 5.27. The molecule has 2 heterocycles. The van der Waals surface area contributed by atoms with Gasteiger partial charge in [0.2, 0.25) is 5.91 Å². The van der Waals surface area contributed by atoms with E-state index < -0.39 is 0 Å². The van der Waals surface area contributed by atoms with E-state index in [0.717, 1.165) is 11.5 Å². The summed E-state index contributed by atoms with van der Waals surface area (Å²) in [6.45, 7) is 6.52. The first kappa shape index (κ1) is 15.7. The van der Waals surface area contributed by atoms with E-state index in [-0.39, 0.29) is 11.9 Å². The van der Waals surface area contributed by atoms with E-state index in [1.165, 1.54) is 11.3 Å². The molecule has 0 saturated heterocycles. The molecule has 1 atom stereocenters. The number of anilines is 1. The molecule has 0 fully saturated rings. The lowest BCUT2D eigenvalue weighted by Crippen LogP contribution is -2.39. The normalized spacial score (nSPS) is 12.9. The Balaban J connectivity index is 1.92. The largest absolute Gasteiger partial charge is 0.361 e. The summed E-state index contributed by atoms with van der Waals surface area (Å²) >= 11 is 1.40. The summed E-state index contributed by atoms with van der Waals surface area (Å²) in [4.78, 5) is 18.1. The standard InChI is InChI=1S/C14H20N4O2S/c1-9(2)12-7-11(17-20-12)8-18(4)10(3)13(19)16-14-15-5-6-21-14/h5-7,9-10H,8H2,1-4H3,(H,15,16,19)/t10-/m0/s1. The van der Waals surface area contributed by atoms with Crippen LogP contribution in [-0.2, 0) is 11.3 Å². The minimum Gasteiger partial charge on any atom is -0.361 e. The number of hydrogen-bond donors (Lipinski definition) is 1. The Hall–Kier alpha value is -1.73. The highest BCUT2D eigenvalue weighted by Gasteiger charge is 2.20. The maximum absolute atomic E-state index is 12.1. The van der Waals surface area contributed by atoms with Crippen LogP contribution in [0.15, 0.2) is 22.2 Å². The monoisotopic (exact) mass is 308 g/mol. The van der Waals surface area contributed by atoms with Crippen molar-refractivity contribution < 1.29 is 9.32 Å². The second-order valence-electron chi connectivity index (χ2n) is 5.29. The summed E-state index contributed by atoms with van der Waals surface area (Å²) in [5.41, 5.74) is 0.829. The first-order valence-corrected chi connectivity index (χ1v) is 7.71. The van der Waals surface area contributed by atoms with Gasteiger partial charge in [-0.05, 0) is 14.0 Å². The van der Waals surface area contributed by atoms with Gasteiger partial charge in [-0.1, -0.05) is 19.0 Å². The molecule has 0 aliphatic rings. The zero-order chi connectivity index (χ0) is 15.4. The van der Waals surface area contributed by atoms with Crippen LogP contribution in [0.1, 0.15) is 38.1 Å². The molecule has 6 nitrogen and oxygen atoms in total. The molecule has 0 aromatic carbocycles. The molecule has 2 aromatic rings. The summed E-state index contributed by atoms with van der Waals surface area (Å²) in [5, 5.41) is 9.27. The Bertz CT molecular complexity index is 580. The molecule has 0 aliphatic carbocycles. The molecule has 7 heteroatoms. The Morgan fingerprint density at radius 3 is 2.81 bits per heavy atom. The molecular weight excluding hydrogens is 288 g/mol. The average molecular weight is 308 g/mol. The van der Waals surface area contributed by atoms with Crippen LogP contribution in [0.4, 0.5) is 5.13 Å². The maximum atomic E-state index is 12.1. The van der Waals surface area contributed by atoms with Gasteiger partial charge in [0.15, 0.2) is 5.13 Å². The lowest BCUT2D eigenvalue weighted by Gasteiger charge is -2.22. The number of thiazole rings is 1. The van der Waals surface area contributed by atoms with Crippen LogP contribution in [0.25, 0.3) is 0 Å². The zero-order valence-corrected chi connectivity index (χ0v) is 13.5. The molecule has 21 heavy (non-hydrogen) atoms. The SMILES string of the molecule is CC(C)c1cc(CN(C)[C@@H](C)C(=O)Nc2nccs2)no1. The van der Waals surface area contributed by atoms with Crippen LogP contribution in [0.2, 0.25) is 0 Å². The van der Waals surface area contributed by atoms with Gasteiger partial charge >= 0.3 is 0 Å². The lowest BCUT2D eigenvalue weighted by atomic mass is 10.1. The molecule has 1 amide bonds. The van der Waals surface area contributed by atoms with Gasteiger partial charge in [0, 0.05) is 30.1 Å². The predicted octanol–water partition coefficient (Wildman–Crippen LogP) is 2.71. The van der Waals surface area contributed by atoms with E-state index in [1.807, 2.05) is 30.3 Å². The van der Waals surface area contributed by atoms with Crippen molar-refractivity contribution in [2.75, 3.05) is 12.4 Å². The number of carbonyl (C=O) groups excluding carboxylic acids is 1. The quantitative estimate of drug-likeness (QED) is 0.888. The second kappa shape index (κ2) is 6.82. The number of nitrogens with one attached hydrogen (secondary N) is 1. The van der Waals surface area contributed by atoms with Crippen LogP contribution >= 0.6 is 11.3 Å².